The maximum Gasteiger partial charge on any atom is 0.276 e. The number of rotatable bonds is 27. The van der Waals surface area contributed by atoms with Gasteiger partial charge in [-0.2, -0.15) is 20.4 Å². The Morgan fingerprint density at radius 1 is 0.259 bits per heavy atom. The number of nitrogens with one attached hydrogen (secondary N) is 8. The highest BCUT2D eigenvalue weighted by Gasteiger charge is 2.27. The summed E-state index contributed by atoms with van der Waals surface area (Å²) in [4.78, 5) is 97.0. The van der Waals surface area contributed by atoms with Gasteiger partial charge < -0.3 is 35.8 Å². The summed E-state index contributed by atoms with van der Waals surface area (Å²) < 4.78 is 5.43. The molecule has 0 unspecified atom stereocenters. The highest BCUT2D eigenvalue weighted by Crippen LogP contribution is 2.35. The molecule has 9 aromatic heterocycles. The average Bonchev–Trinajstić information content (AvgIpc) is 1.72. The van der Waals surface area contributed by atoms with Crippen LogP contribution in [0.2, 0.25) is 0 Å². The fourth-order valence-electron chi connectivity index (χ4n) is 21.3. The zero-order valence-electron chi connectivity index (χ0n) is 83.9. The van der Waals surface area contributed by atoms with Crippen LogP contribution in [0.15, 0.2) is 238 Å². The van der Waals surface area contributed by atoms with E-state index in [-0.39, 0.29) is 23.6 Å². The summed E-state index contributed by atoms with van der Waals surface area (Å²) in [5, 5.41) is 44.5. The number of hydrogen-bond donors (Lipinski definition) is 8. The SMILES string of the molecule is CN1CCN(c2ccc(NC(=O)c3n[nH]c4ccc(-c5cncc(CN6CCCC6)c5)cc34)cn2)CC1.O=C(Nc1ccc(CN2CCCC2)cc1)c1n[nH]c2ccc(-c3cncc(CN4CCCC4)c3)cc12.O=C(Nc1ccc(CN2CCCCC2)cc1)c1n[nH]c2ccc(-c3cncc(CN4CCCC4)c3)cc12.O=C(Nc1ccc(CN2CCOCC2)cc1)c1n[nH]c2ccc(-c3cncc(CN4CCCC4)c3)cc12. The van der Waals surface area contributed by atoms with Crippen molar-refractivity contribution in [1.29, 1.82) is 0 Å². The number of anilines is 5. The third kappa shape index (κ3) is 25.4. The van der Waals surface area contributed by atoms with Gasteiger partial charge in [-0.1, -0.05) is 67.1 Å². The minimum atomic E-state index is -0.265. The smallest absolute Gasteiger partial charge is 0.276 e. The number of ether oxygens (including phenoxy) is 1. The Morgan fingerprint density at radius 2 is 0.517 bits per heavy atom. The number of amides is 4. The number of hydrogen-bond acceptors (Lipinski definition) is 23. The molecule has 17 heterocycles. The van der Waals surface area contributed by atoms with Crippen LogP contribution < -0.4 is 26.2 Å². The van der Waals surface area contributed by atoms with E-state index in [0.29, 0.717) is 28.5 Å². The second kappa shape index (κ2) is 47.3. The zero-order valence-corrected chi connectivity index (χ0v) is 83.9. The van der Waals surface area contributed by atoms with Gasteiger partial charge in [0, 0.05) is 196 Å². The summed E-state index contributed by atoms with van der Waals surface area (Å²) in [7, 11) is 2.13. The first-order valence-corrected chi connectivity index (χ1v) is 52.5. The molecule has 24 rings (SSSR count). The minimum Gasteiger partial charge on any atom is -0.379 e. The van der Waals surface area contributed by atoms with Crippen LogP contribution in [0.25, 0.3) is 88.1 Å². The van der Waals surface area contributed by atoms with Gasteiger partial charge in [0.05, 0.1) is 47.2 Å². The Bertz CT molecular complexity index is 6960. The van der Waals surface area contributed by atoms with E-state index >= 15 is 0 Å². The summed E-state index contributed by atoms with van der Waals surface area (Å²) in [5.74, 6) is 0.00455. The molecule has 7 aromatic carbocycles. The van der Waals surface area contributed by atoms with Crippen molar-refractivity contribution in [2.75, 3.05) is 164 Å². The third-order valence-corrected chi connectivity index (χ3v) is 29.5. The quantitative estimate of drug-likeness (QED) is 0.0237. The van der Waals surface area contributed by atoms with E-state index in [2.05, 4.69) is 211 Å². The monoisotopic (exact) mass is 1970 g/mol. The van der Waals surface area contributed by atoms with Crippen LogP contribution in [0.3, 0.4) is 0 Å². The first-order valence-electron chi connectivity index (χ1n) is 52.5. The number of fused-ring (bicyclic) bond motifs is 4. The van der Waals surface area contributed by atoms with Gasteiger partial charge in [0.25, 0.3) is 23.6 Å². The number of H-pyrrole nitrogens is 4. The molecule has 754 valence electrons. The number of piperidine rings is 1. The van der Waals surface area contributed by atoms with Gasteiger partial charge >= 0.3 is 0 Å². The van der Waals surface area contributed by atoms with Crippen LogP contribution in [0.1, 0.15) is 164 Å². The molecule has 8 saturated heterocycles. The Morgan fingerprint density at radius 3 is 0.796 bits per heavy atom. The number of carbonyl (C=O) groups excluding carboxylic acids is 4. The first-order chi connectivity index (χ1) is 72.2. The molecule has 147 heavy (non-hydrogen) atoms. The molecule has 0 saturated carbocycles. The van der Waals surface area contributed by atoms with Gasteiger partial charge in [-0.15, -0.1) is 0 Å². The predicted octanol–water partition coefficient (Wildman–Crippen LogP) is 18.5. The normalized spacial score (nSPS) is 16.8. The Labute approximate surface area is 857 Å². The lowest BCUT2D eigenvalue weighted by Crippen LogP contribution is -2.44. The maximum atomic E-state index is 13.2. The van der Waals surface area contributed by atoms with Crippen LogP contribution in [0.5, 0.6) is 0 Å². The topological polar surface area (TPSA) is 334 Å². The molecular formula is C116H130N26O5. The van der Waals surface area contributed by atoms with Gasteiger partial charge in [-0.05, 0) is 345 Å². The van der Waals surface area contributed by atoms with Gasteiger partial charge in [0.1, 0.15) is 5.82 Å². The molecule has 8 N–H and O–H groups in total. The fraction of sp³-hybridized carbons (Fsp3) is 0.353. The number of carbonyl (C=O) groups is 4. The van der Waals surface area contributed by atoms with E-state index in [1.807, 2.05) is 159 Å². The van der Waals surface area contributed by atoms with E-state index in [1.165, 1.54) is 149 Å². The fourth-order valence-corrected chi connectivity index (χ4v) is 21.3. The van der Waals surface area contributed by atoms with E-state index in [4.69, 9.17) is 4.74 Å². The summed E-state index contributed by atoms with van der Waals surface area (Å²) >= 11 is 0. The van der Waals surface area contributed by atoms with Crippen LogP contribution in [0, 0.1) is 0 Å². The second-order valence-electron chi connectivity index (χ2n) is 40.4. The number of morpholine rings is 1. The molecular weight excluding hydrogens is 1840 g/mol. The summed E-state index contributed by atoms with van der Waals surface area (Å²) in [6.45, 7) is 27.9. The van der Waals surface area contributed by atoms with E-state index in [1.54, 1.807) is 6.20 Å². The summed E-state index contributed by atoms with van der Waals surface area (Å²) in [5.41, 5.74) is 24.7. The van der Waals surface area contributed by atoms with E-state index < -0.39 is 0 Å². The molecule has 31 heteroatoms. The molecule has 8 aliphatic heterocycles. The average molecular weight is 1970 g/mol. The van der Waals surface area contributed by atoms with Crippen molar-refractivity contribution in [2.24, 2.45) is 0 Å². The molecule has 0 aliphatic carbocycles. The lowest BCUT2D eigenvalue weighted by atomic mass is 10.0. The van der Waals surface area contributed by atoms with Crippen LogP contribution >= 0.6 is 0 Å². The number of piperazine rings is 1. The Hall–Kier alpha value is -14.5. The molecule has 31 nitrogen and oxygen atoms in total. The van der Waals surface area contributed by atoms with Crippen molar-refractivity contribution in [3.05, 3.63) is 299 Å². The van der Waals surface area contributed by atoms with Crippen molar-refractivity contribution in [2.45, 2.75) is 129 Å². The van der Waals surface area contributed by atoms with Crippen molar-refractivity contribution in [1.82, 2.24) is 105 Å². The van der Waals surface area contributed by atoms with Crippen LogP contribution in [0.4, 0.5) is 28.6 Å². The standard InChI is InChI=1S/C30H34N6O.C29H32N6O2.C29H32N6O.C28H32N8O/c37-30(32-26-9-6-22(7-10-26)20-35-12-2-1-3-13-35)29-27-17-24(8-11-28(27)33-34-29)25-16-23(18-31-19-25)21-36-14-4-5-15-36;36-29(31-25-6-3-21(4-7-25)19-35-11-13-37-14-12-35)28-26-16-23(5-8-27(26)32-33-28)24-15-22(17-30-18-24)20-34-9-1-2-10-34;36-29(31-25-8-5-21(6-9-25)19-34-11-1-2-12-34)28-26-16-23(7-10-27(26)32-33-28)24-15-22(17-30-18-24)20-35-13-3-4-14-35;1-34-10-12-36(13-11-34)26-7-5-23(18-30-26)31-28(37)27-24-15-21(4-6-25(24)32-33-27)22-14-20(16-29-17-22)19-35-8-2-3-9-35/h6-11,16-19H,1-5,12-15,20-21H2,(H,32,37)(H,33,34);3-8,15-18H,1-2,9-14,19-20H2,(H,31,36)(H,32,33);5-10,15-18H,1-4,11-14,19-20H2,(H,31,36)(H,32,33);4-7,14-18H,2-3,8-13,19H2,1H3,(H,31,37)(H,32,33). The van der Waals surface area contributed by atoms with E-state index in [0.717, 1.165) is 262 Å². The largest absolute Gasteiger partial charge is 0.379 e. The molecule has 8 fully saturated rings. The molecule has 8 aliphatic rings. The van der Waals surface area contributed by atoms with Gasteiger partial charge in [-0.25, -0.2) is 4.98 Å². The molecule has 16 aromatic rings. The summed E-state index contributed by atoms with van der Waals surface area (Å²) in [6.07, 6.45) is 33.7. The van der Waals surface area contributed by atoms with Crippen molar-refractivity contribution < 1.29 is 23.9 Å². The van der Waals surface area contributed by atoms with Crippen molar-refractivity contribution in [3.63, 3.8) is 0 Å². The number of pyridine rings is 5. The maximum absolute atomic E-state index is 13.2. The predicted molar refractivity (Wildman–Crippen MR) is 580 cm³/mol. The molecule has 0 radical (unpaired) electrons. The number of nitrogens with zero attached hydrogens (tertiary/aromatic N) is 18. The highest BCUT2D eigenvalue weighted by atomic mass is 16.5. The van der Waals surface area contributed by atoms with Crippen molar-refractivity contribution in [3.8, 4) is 44.5 Å². The Kier molecular flexibility index (Phi) is 31.7. The first kappa shape index (κ1) is 98.5. The number of likely N-dealkylation sites (N-methyl/N-ethyl adjacent to an activating group) is 1. The summed E-state index contributed by atoms with van der Waals surface area (Å²) in [6, 6.07) is 61.2. The molecule has 0 atom stereocenters. The Balaban J connectivity index is 0.000000115. The molecule has 0 bridgehead atoms. The zero-order chi connectivity index (χ0) is 99.6. The molecule has 0 spiro atoms. The van der Waals surface area contributed by atoms with Crippen LogP contribution in [-0.4, -0.2) is 267 Å². The van der Waals surface area contributed by atoms with Crippen LogP contribution in [-0.2, 0) is 50.6 Å². The van der Waals surface area contributed by atoms with Crippen molar-refractivity contribution >= 4 is 95.8 Å². The highest BCUT2D eigenvalue weighted by molar-refractivity contribution is 6.15. The van der Waals surface area contributed by atoms with Gasteiger partial charge in [0.15, 0.2) is 22.8 Å². The third-order valence-electron chi connectivity index (χ3n) is 29.5. The lowest BCUT2D eigenvalue weighted by Gasteiger charge is -2.33. The minimum absolute atomic E-state index is 0.215. The number of likely N-dealkylation sites (tertiary alicyclic amines) is 6. The lowest BCUT2D eigenvalue weighted by molar-refractivity contribution is 0.0342. The number of aromatic nitrogens is 13. The van der Waals surface area contributed by atoms with Gasteiger partial charge in [-0.3, -0.25) is 93.8 Å². The van der Waals surface area contributed by atoms with Gasteiger partial charge in [0.2, 0.25) is 0 Å². The van der Waals surface area contributed by atoms with E-state index in [9.17, 15) is 19.2 Å². The second-order valence-corrected chi connectivity index (χ2v) is 40.4. The molecule has 4 amide bonds. The number of aromatic amines is 4. The number of benzene rings is 7.